The topological polar surface area (TPSA) is 54.0 Å². The van der Waals surface area contributed by atoms with Crippen molar-refractivity contribution < 1.29 is 19.0 Å². The van der Waals surface area contributed by atoms with Crippen LogP contribution in [0, 0.1) is 5.82 Å². The average Bonchev–Trinajstić information content (AvgIpc) is 3.07. The minimum absolute atomic E-state index is 0.0972. The van der Waals surface area contributed by atoms with Crippen LogP contribution in [0.25, 0.3) is 0 Å². The van der Waals surface area contributed by atoms with E-state index in [2.05, 4.69) is 10.2 Å². The molecule has 0 radical (unpaired) electrons. The summed E-state index contributed by atoms with van der Waals surface area (Å²) in [6, 6.07) is 5.43. The maximum absolute atomic E-state index is 13.8. The largest absolute Gasteiger partial charge is 0.493 e. The van der Waals surface area contributed by atoms with Crippen molar-refractivity contribution in [3.8, 4) is 5.75 Å². The maximum atomic E-state index is 13.8. The highest BCUT2D eigenvalue weighted by molar-refractivity contribution is 5.37. The number of nitrogens with zero attached hydrogens (tertiary/aromatic N) is 1. The number of aliphatic hydroxyl groups is 1. The molecule has 3 aliphatic rings. The molecule has 156 valence electrons. The molecule has 1 spiro atoms. The third kappa shape index (κ3) is 4.51. The summed E-state index contributed by atoms with van der Waals surface area (Å²) in [5.41, 5.74) is 0.411. The maximum Gasteiger partial charge on any atom is 0.126 e. The number of hydrogen-bond acceptors (Lipinski definition) is 5. The van der Waals surface area contributed by atoms with Crippen LogP contribution in [-0.2, 0) is 4.74 Å². The molecule has 2 N–H and O–H groups in total. The Balaban J connectivity index is 1.35. The van der Waals surface area contributed by atoms with Crippen molar-refractivity contribution in [2.24, 2.45) is 0 Å². The molecule has 0 saturated carbocycles. The van der Waals surface area contributed by atoms with E-state index >= 15 is 0 Å². The zero-order valence-electron chi connectivity index (χ0n) is 17.0. The summed E-state index contributed by atoms with van der Waals surface area (Å²) in [5, 5.41) is 13.2. The van der Waals surface area contributed by atoms with Gasteiger partial charge in [0.2, 0.25) is 0 Å². The summed E-state index contributed by atoms with van der Waals surface area (Å²) in [6.07, 6.45) is 3.75. The van der Waals surface area contributed by atoms with Crippen LogP contribution in [0.1, 0.15) is 51.0 Å². The SMILES string of the molecule is CC(C)(O)CCOc1cc(F)ccc1C1CCN([C@@H]2COC3(CNC3)C2)CC1. The fourth-order valence-electron chi connectivity index (χ4n) is 4.66. The molecular weight excluding hydrogens is 359 g/mol. The highest BCUT2D eigenvalue weighted by Gasteiger charge is 2.47. The molecule has 5 nitrogen and oxygen atoms in total. The summed E-state index contributed by atoms with van der Waals surface area (Å²) in [4.78, 5) is 2.57. The number of ether oxygens (including phenoxy) is 2. The predicted molar refractivity (Wildman–Crippen MR) is 106 cm³/mol. The highest BCUT2D eigenvalue weighted by Crippen LogP contribution is 2.38. The van der Waals surface area contributed by atoms with E-state index < -0.39 is 5.60 Å². The van der Waals surface area contributed by atoms with E-state index in [1.807, 2.05) is 6.07 Å². The fraction of sp³-hybridized carbons (Fsp3) is 0.727. The van der Waals surface area contributed by atoms with Crippen LogP contribution >= 0.6 is 0 Å². The van der Waals surface area contributed by atoms with Crippen LogP contribution in [-0.4, -0.2) is 66.6 Å². The number of halogens is 1. The monoisotopic (exact) mass is 392 g/mol. The fourth-order valence-corrected chi connectivity index (χ4v) is 4.66. The van der Waals surface area contributed by atoms with Gasteiger partial charge in [0.05, 0.1) is 24.4 Å². The molecule has 3 fully saturated rings. The molecule has 0 amide bonds. The summed E-state index contributed by atoms with van der Waals surface area (Å²) >= 11 is 0. The van der Waals surface area contributed by atoms with Crippen molar-refractivity contribution in [2.75, 3.05) is 39.4 Å². The molecule has 3 heterocycles. The second-order valence-corrected chi connectivity index (χ2v) is 9.36. The number of likely N-dealkylation sites (tertiary alicyclic amines) is 1. The predicted octanol–water partition coefficient (Wildman–Crippen LogP) is 2.68. The van der Waals surface area contributed by atoms with E-state index in [0.717, 1.165) is 57.6 Å². The smallest absolute Gasteiger partial charge is 0.126 e. The molecule has 6 heteroatoms. The number of benzene rings is 1. The van der Waals surface area contributed by atoms with Gasteiger partial charge in [-0.05, 0) is 63.7 Å². The minimum atomic E-state index is -0.782. The molecule has 3 aliphatic heterocycles. The molecule has 1 aromatic carbocycles. The van der Waals surface area contributed by atoms with Crippen LogP contribution in [0.2, 0.25) is 0 Å². The average molecular weight is 393 g/mol. The first kappa shape index (κ1) is 20.1. The van der Waals surface area contributed by atoms with Gasteiger partial charge in [-0.1, -0.05) is 6.07 Å². The molecular formula is C22H33FN2O3. The highest BCUT2D eigenvalue weighted by atomic mass is 19.1. The van der Waals surface area contributed by atoms with Gasteiger partial charge in [0.1, 0.15) is 11.6 Å². The molecule has 0 unspecified atom stereocenters. The Morgan fingerprint density at radius 3 is 2.68 bits per heavy atom. The molecule has 0 aromatic heterocycles. The van der Waals surface area contributed by atoms with Gasteiger partial charge < -0.3 is 19.9 Å². The first-order chi connectivity index (χ1) is 13.3. The first-order valence-corrected chi connectivity index (χ1v) is 10.6. The lowest BCUT2D eigenvalue weighted by atomic mass is 9.86. The minimum Gasteiger partial charge on any atom is -0.493 e. The summed E-state index contributed by atoms with van der Waals surface area (Å²) in [6.45, 7) is 8.81. The number of piperidine rings is 1. The Morgan fingerprint density at radius 2 is 2.07 bits per heavy atom. The molecule has 28 heavy (non-hydrogen) atoms. The Hall–Kier alpha value is -1.21. The molecule has 1 atom stereocenters. The lowest BCUT2D eigenvalue weighted by Gasteiger charge is -2.40. The van der Waals surface area contributed by atoms with E-state index in [1.165, 1.54) is 12.1 Å². The van der Waals surface area contributed by atoms with Crippen molar-refractivity contribution in [3.63, 3.8) is 0 Å². The third-order valence-electron chi connectivity index (χ3n) is 6.52. The van der Waals surface area contributed by atoms with Crippen molar-refractivity contribution in [1.29, 1.82) is 0 Å². The Kier molecular flexibility index (Phi) is 5.67. The van der Waals surface area contributed by atoms with Gasteiger partial charge in [-0.2, -0.15) is 0 Å². The third-order valence-corrected chi connectivity index (χ3v) is 6.52. The first-order valence-electron chi connectivity index (χ1n) is 10.6. The van der Waals surface area contributed by atoms with Gasteiger partial charge >= 0.3 is 0 Å². The Labute approximate surface area is 167 Å². The normalized spacial score (nSPS) is 25.8. The van der Waals surface area contributed by atoms with Crippen molar-refractivity contribution >= 4 is 0 Å². The Morgan fingerprint density at radius 1 is 1.32 bits per heavy atom. The standard InChI is InChI=1S/C22H33FN2O3/c1-21(2,26)7-10-27-20-11-17(23)3-4-19(20)16-5-8-25(9-6-16)18-12-22(28-13-18)14-24-15-22/h3-4,11,16,18,24,26H,5-10,12-15H2,1-2H3/t18-/m0/s1. The summed E-state index contributed by atoms with van der Waals surface area (Å²) < 4.78 is 25.8. The van der Waals surface area contributed by atoms with Gasteiger partial charge in [0, 0.05) is 31.6 Å². The van der Waals surface area contributed by atoms with Gasteiger partial charge in [-0.15, -0.1) is 0 Å². The van der Waals surface area contributed by atoms with Gasteiger partial charge in [0.25, 0.3) is 0 Å². The molecule has 0 bridgehead atoms. The van der Waals surface area contributed by atoms with Gasteiger partial charge in [-0.25, -0.2) is 4.39 Å². The van der Waals surface area contributed by atoms with E-state index in [-0.39, 0.29) is 11.4 Å². The van der Waals surface area contributed by atoms with Crippen molar-refractivity contribution in [3.05, 3.63) is 29.6 Å². The zero-order chi connectivity index (χ0) is 19.8. The molecule has 0 aliphatic carbocycles. The summed E-state index contributed by atoms with van der Waals surface area (Å²) in [7, 11) is 0. The van der Waals surface area contributed by atoms with E-state index in [4.69, 9.17) is 9.47 Å². The van der Waals surface area contributed by atoms with Crippen LogP contribution < -0.4 is 10.1 Å². The molecule has 4 rings (SSSR count). The Bertz CT molecular complexity index is 679. The van der Waals surface area contributed by atoms with Gasteiger partial charge in [0.15, 0.2) is 0 Å². The van der Waals surface area contributed by atoms with E-state index in [1.54, 1.807) is 13.8 Å². The lowest BCUT2D eigenvalue weighted by molar-refractivity contribution is -0.0367. The number of hydrogen-bond donors (Lipinski definition) is 2. The van der Waals surface area contributed by atoms with Crippen LogP contribution in [0.4, 0.5) is 4.39 Å². The molecule has 3 saturated heterocycles. The zero-order valence-corrected chi connectivity index (χ0v) is 17.0. The molecule has 1 aromatic rings. The van der Waals surface area contributed by atoms with Crippen LogP contribution in [0.3, 0.4) is 0 Å². The van der Waals surface area contributed by atoms with Crippen LogP contribution in [0.15, 0.2) is 18.2 Å². The van der Waals surface area contributed by atoms with Gasteiger partial charge in [-0.3, -0.25) is 4.90 Å². The summed E-state index contributed by atoms with van der Waals surface area (Å²) in [5.74, 6) is 0.740. The van der Waals surface area contributed by atoms with E-state index in [9.17, 15) is 9.50 Å². The number of rotatable bonds is 6. The van der Waals surface area contributed by atoms with Crippen molar-refractivity contribution in [2.45, 2.75) is 62.7 Å². The van der Waals surface area contributed by atoms with Crippen molar-refractivity contribution in [1.82, 2.24) is 10.2 Å². The quantitative estimate of drug-likeness (QED) is 0.780. The van der Waals surface area contributed by atoms with E-state index in [0.29, 0.717) is 30.7 Å². The van der Waals surface area contributed by atoms with Crippen LogP contribution in [0.5, 0.6) is 5.75 Å². The second-order valence-electron chi connectivity index (χ2n) is 9.36. The second kappa shape index (κ2) is 7.90. The number of nitrogens with one attached hydrogen (secondary N) is 1. The lowest BCUT2D eigenvalue weighted by Crippen LogP contribution is -2.59.